The number of esters is 1. The summed E-state index contributed by atoms with van der Waals surface area (Å²) in [4.78, 5) is 16.1. The molecule has 1 heterocycles. The van der Waals surface area contributed by atoms with Crippen LogP contribution in [0.2, 0.25) is 0 Å². The van der Waals surface area contributed by atoms with E-state index < -0.39 is 5.97 Å². The number of benzene rings is 1. The zero-order valence-corrected chi connectivity index (χ0v) is 12.1. The Bertz CT molecular complexity index is 652. The summed E-state index contributed by atoms with van der Waals surface area (Å²) in [7, 11) is 0. The van der Waals surface area contributed by atoms with Gasteiger partial charge in [-0.25, -0.2) is 14.2 Å². The summed E-state index contributed by atoms with van der Waals surface area (Å²) < 4.78 is 19.9. The van der Waals surface area contributed by atoms with E-state index in [2.05, 4.69) is 4.98 Å². The number of carbonyl (C=O) groups excluding carboxylic acids is 1. The van der Waals surface area contributed by atoms with Crippen LogP contribution in [0.15, 0.2) is 24.3 Å². The van der Waals surface area contributed by atoms with Crippen molar-refractivity contribution in [3.63, 3.8) is 0 Å². The summed E-state index contributed by atoms with van der Waals surface area (Å²) in [6, 6.07) is 6.25. The molecule has 21 heavy (non-hydrogen) atoms. The maximum Gasteiger partial charge on any atom is 0.360 e. The largest absolute Gasteiger partial charge is 0.461 e. The summed E-state index contributed by atoms with van der Waals surface area (Å²) in [6.45, 7) is 4.26. The van der Waals surface area contributed by atoms with Gasteiger partial charge in [0.15, 0.2) is 5.69 Å². The van der Waals surface area contributed by atoms with Gasteiger partial charge in [0.1, 0.15) is 17.5 Å². The number of nitrogens with zero attached hydrogens (tertiary/aromatic N) is 2. The molecule has 5 nitrogen and oxygen atoms in total. The number of hydrogen-bond donors (Lipinski definition) is 1. The molecule has 0 spiro atoms. The van der Waals surface area contributed by atoms with Crippen LogP contribution in [-0.2, 0) is 17.7 Å². The maximum atomic E-state index is 13.3. The molecule has 1 aromatic carbocycles. The van der Waals surface area contributed by atoms with Crippen molar-refractivity contribution in [1.82, 2.24) is 9.55 Å². The van der Waals surface area contributed by atoms with Gasteiger partial charge in [-0.15, -0.1) is 0 Å². The second kappa shape index (κ2) is 6.39. The number of nitrogens with two attached hydrogens (primary N) is 1. The summed E-state index contributed by atoms with van der Waals surface area (Å²) in [5, 5.41) is 0. The quantitative estimate of drug-likeness (QED) is 0.859. The summed E-state index contributed by atoms with van der Waals surface area (Å²) >= 11 is 0. The van der Waals surface area contributed by atoms with E-state index in [0.717, 1.165) is 5.56 Å². The number of hydrogen-bond acceptors (Lipinski definition) is 4. The molecule has 0 unspecified atom stereocenters. The van der Waals surface area contributed by atoms with Crippen LogP contribution in [0, 0.1) is 5.82 Å². The predicted molar refractivity (Wildman–Crippen MR) is 77.5 cm³/mol. The lowest BCUT2D eigenvalue weighted by molar-refractivity contribution is 0.0521. The molecule has 0 radical (unpaired) electrons. The topological polar surface area (TPSA) is 70.1 Å². The van der Waals surface area contributed by atoms with Gasteiger partial charge in [0.05, 0.1) is 13.2 Å². The van der Waals surface area contributed by atoms with Crippen LogP contribution in [0.25, 0.3) is 0 Å². The van der Waals surface area contributed by atoms with Crippen molar-refractivity contribution in [2.75, 3.05) is 12.3 Å². The van der Waals surface area contributed by atoms with Gasteiger partial charge in [-0.3, -0.25) is 0 Å². The molecule has 1 aromatic heterocycles. The first-order valence-electron chi connectivity index (χ1n) is 6.83. The zero-order chi connectivity index (χ0) is 15.4. The highest BCUT2D eigenvalue weighted by molar-refractivity contribution is 5.92. The highest BCUT2D eigenvalue weighted by Gasteiger charge is 2.20. The van der Waals surface area contributed by atoms with Crippen LogP contribution in [-0.4, -0.2) is 22.1 Å². The molecule has 0 amide bonds. The monoisotopic (exact) mass is 291 g/mol. The number of nitrogen functional groups attached to an aromatic ring is 1. The minimum Gasteiger partial charge on any atom is -0.461 e. The van der Waals surface area contributed by atoms with E-state index in [9.17, 15) is 9.18 Å². The second-order valence-electron chi connectivity index (χ2n) is 4.55. The third-order valence-electron chi connectivity index (χ3n) is 3.10. The van der Waals surface area contributed by atoms with Gasteiger partial charge in [-0.2, -0.15) is 0 Å². The maximum absolute atomic E-state index is 13.3. The third-order valence-corrected chi connectivity index (χ3v) is 3.10. The van der Waals surface area contributed by atoms with Gasteiger partial charge in [-0.05, 0) is 24.6 Å². The molecule has 0 saturated carbocycles. The molecule has 0 saturated heterocycles. The molecular formula is C15H18FN3O2. The Morgan fingerprint density at radius 1 is 1.43 bits per heavy atom. The summed E-state index contributed by atoms with van der Waals surface area (Å²) in [6.07, 6.45) is 0.610. The van der Waals surface area contributed by atoms with Gasteiger partial charge < -0.3 is 15.0 Å². The van der Waals surface area contributed by atoms with E-state index in [1.54, 1.807) is 23.6 Å². The van der Waals surface area contributed by atoms with Crippen molar-refractivity contribution in [3.8, 4) is 0 Å². The van der Waals surface area contributed by atoms with Crippen molar-refractivity contribution in [2.45, 2.75) is 26.8 Å². The molecule has 0 aliphatic heterocycles. The minimum absolute atomic E-state index is 0.116. The minimum atomic E-state index is -0.539. The van der Waals surface area contributed by atoms with E-state index in [1.807, 2.05) is 6.92 Å². The highest BCUT2D eigenvalue weighted by atomic mass is 19.1. The smallest absolute Gasteiger partial charge is 0.360 e. The Morgan fingerprint density at radius 2 is 2.19 bits per heavy atom. The number of aromatic nitrogens is 2. The molecule has 2 aromatic rings. The fourth-order valence-electron chi connectivity index (χ4n) is 2.13. The number of ether oxygens (including phenoxy) is 1. The molecule has 0 bridgehead atoms. The van der Waals surface area contributed by atoms with Crippen LogP contribution in [0.1, 0.15) is 35.7 Å². The van der Waals surface area contributed by atoms with Crippen molar-refractivity contribution in [1.29, 1.82) is 0 Å². The van der Waals surface area contributed by atoms with Crippen molar-refractivity contribution in [2.24, 2.45) is 0 Å². The number of imidazole rings is 1. The summed E-state index contributed by atoms with van der Waals surface area (Å²) in [5.74, 6) is 0.0620. The van der Waals surface area contributed by atoms with E-state index >= 15 is 0 Å². The zero-order valence-electron chi connectivity index (χ0n) is 12.1. The Balaban J connectivity index is 2.36. The van der Waals surface area contributed by atoms with E-state index in [4.69, 9.17) is 10.5 Å². The SMILES string of the molecule is CCOC(=O)c1nc(CC)n(Cc2cccc(F)c2)c1N. The van der Waals surface area contributed by atoms with Crippen molar-refractivity contribution in [3.05, 3.63) is 47.2 Å². The fourth-order valence-corrected chi connectivity index (χ4v) is 2.13. The number of carbonyl (C=O) groups is 1. The average Bonchev–Trinajstić information content (AvgIpc) is 2.76. The summed E-state index contributed by atoms with van der Waals surface area (Å²) in [5.41, 5.74) is 6.87. The Labute approximate surface area is 122 Å². The Kier molecular flexibility index (Phi) is 4.57. The number of aryl methyl sites for hydroxylation is 1. The molecule has 6 heteroatoms. The first-order chi connectivity index (χ1) is 10.1. The van der Waals surface area contributed by atoms with Gasteiger partial charge in [0, 0.05) is 6.42 Å². The van der Waals surface area contributed by atoms with Crippen molar-refractivity contribution < 1.29 is 13.9 Å². The molecule has 2 rings (SSSR count). The molecule has 0 aliphatic carbocycles. The van der Waals surface area contributed by atoms with E-state index in [-0.39, 0.29) is 23.9 Å². The molecule has 2 N–H and O–H groups in total. The normalized spacial score (nSPS) is 10.6. The molecule has 112 valence electrons. The lowest BCUT2D eigenvalue weighted by atomic mass is 10.2. The Morgan fingerprint density at radius 3 is 2.81 bits per heavy atom. The van der Waals surface area contributed by atoms with Crippen LogP contribution in [0.3, 0.4) is 0 Å². The molecule has 0 fully saturated rings. The lowest BCUT2D eigenvalue weighted by Gasteiger charge is -2.09. The first kappa shape index (κ1) is 15.0. The van der Waals surface area contributed by atoms with E-state index in [1.165, 1.54) is 12.1 Å². The second-order valence-corrected chi connectivity index (χ2v) is 4.55. The van der Waals surface area contributed by atoms with Crippen LogP contribution in [0.4, 0.5) is 10.2 Å². The lowest BCUT2D eigenvalue weighted by Crippen LogP contribution is -2.11. The fraction of sp³-hybridized carbons (Fsp3) is 0.333. The van der Waals surface area contributed by atoms with Gasteiger partial charge in [-0.1, -0.05) is 19.1 Å². The van der Waals surface area contributed by atoms with Crippen molar-refractivity contribution >= 4 is 11.8 Å². The predicted octanol–water partition coefficient (Wildman–Crippen LogP) is 2.39. The Hall–Kier alpha value is -2.37. The van der Waals surface area contributed by atoms with Gasteiger partial charge in [0.2, 0.25) is 0 Å². The first-order valence-corrected chi connectivity index (χ1v) is 6.83. The van der Waals surface area contributed by atoms with E-state index in [0.29, 0.717) is 18.8 Å². The number of halogens is 1. The number of rotatable bonds is 5. The van der Waals surface area contributed by atoms with Crippen LogP contribution < -0.4 is 5.73 Å². The molecule has 0 aliphatic rings. The third kappa shape index (κ3) is 3.21. The van der Waals surface area contributed by atoms with Gasteiger partial charge >= 0.3 is 5.97 Å². The highest BCUT2D eigenvalue weighted by Crippen LogP contribution is 2.19. The van der Waals surface area contributed by atoms with Crippen LogP contribution >= 0.6 is 0 Å². The van der Waals surface area contributed by atoms with Crippen LogP contribution in [0.5, 0.6) is 0 Å². The molecule has 0 atom stereocenters. The van der Waals surface area contributed by atoms with Gasteiger partial charge in [0.25, 0.3) is 0 Å². The standard InChI is InChI=1S/C15H18FN3O2/c1-3-12-18-13(15(20)21-4-2)14(17)19(12)9-10-6-5-7-11(16)8-10/h5-8H,3-4,9,17H2,1-2H3. The number of anilines is 1. The molecular weight excluding hydrogens is 273 g/mol. The average molecular weight is 291 g/mol.